The summed E-state index contributed by atoms with van der Waals surface area (Å²) in [6.07, 6.45) is -0.991. The maximum absolute atomic E-state index is 13.0. The lowest BCUT2D eigenvalue weighted by Crippen LogP contribution is -2.33. The summed E-state index contributed by atoms with van der Waals surface area (Å²) in [6, 6.07) is 11.6. The first-order valence-corrected chi connectivity index (χ1v) is 8.52. The van der Waals surface area contributed by atoms with Gasteiger partial charge in [-0.25, -0.2) is 4.90 Å². The van der Waals surface area contributed by atoms with Crippen LogP contribution in [0.2, 0.25) is 5.02 Å². The second kappa shape index (κ2) is 6.59. The first-order chi connectivity index (χ1) is 13.0. The maximum atomic E-state index is 13.0. The molecule has 8 heteroatoms. The third-order valence-corrected chi connectivity index (χ3v) is 4.83. The number of halogens is 1. The molecule has 0 N–H and O–H groups in total. The molecule has 0 spiro atoms. The lowest BCUT2D eigenvalue weighted by molar-refractivity contribution is -0.126. The van der Waals surface area contributed by atoms with Crippen LogP contribution in [0.4, 0.5) is 5.69 Å². The number of amides is 2. The molecule has 1 fully saturated rings. The van der Waals surface area contributed by atoms with Crippen molar-refractivity contribution in [1.29, 1.82) is 0 Å². The number of ether oxygens (including phenoxy) is 2. The summed E-state index contributed by atoms with van der Waals surface area (Å²) < 4.78 is 10.6. The number of benzene rings is 2. The van der Waals surface area contributed by atoms with Crippen molar-refractivity contribution >= 4 is 34.8 Å². The molecule has 27 heavy (non-hydrogen) atoms. The number of carbonyl (C=O) groups excluding carboxylic acids is 2. The lowest BCUT2D eigenvalue weighted by atomic mass is 9.93. The zero-order valence-corrected chi connectivity index (χ0v) is 15.3. The van der Waals surface area contributed by atoms with Crippen LogP contribution in [0, 0.1) is 5.92 Å². The van der Waals surface area contributed by atoms with Crippen LogP contribution in [-0.2, 0) is 14.4 Å². The molecule has 0 aliphatic carbocycles. The van der Waals surface area contributed by atoms with Gasteiger partial charge in [-0.05, 0) is 36.4 Å². The molecule has 2 heterocycles. The number of anilines is 1. The Morgan fingerprint density at radius 1 is 1.04 bits per heavy atom. The van der Waals surface area contributed by atoms with Crippen molar-refractivity contribution in [2.24, 2.45) is 11.1 Å². The molecule has 2 aliphatic heterocycles. The van der Waals surface area contributed by atoms with Gasteiger partial charge in [-0.15, -0.1) is 0 Å². The van der Waals surface area contributed by atoms with Gasteiger partial charge in [0.05, 0.1) is 19.9 Å². The number of nitrogens with zero attached hydrogens (tertiary/aromatic N) is 2. The molecule has 7 nitrogen and oxygen atoms in total. The Bertz CT molecular complexity index is 957. The lowest BCUT2D eigenvalue weighted by Gasteiger charge is -2.16. The first-order valence-electron chi connectivity index (χ1n) is 8.14. The average Bonchev–Trinajstić information content (AvgIpc) is 3.22. The summed E-state index contributed by atoms with van der Waals surface area (Å²) in [4.78, 5) is 32.2. The van der Waals surface area contributed by atoms with Gasteiger partial charge in [0.15, 0.2) is 0 Å². The minimum absolute atomic E-state index is 0.356. The molecule has 0 saturated carbocycles. The Labute approximate surface area is 160 Å². The SMILES string of the molecule is COc1ccc(C2=NOC3C(=O)N(c4ccc(Cl)cc4)C(=O)C23)c(OC)c1. The predicted octanol–water partition coefficient (Wildman–Crippen LogP) is 2.65. The van der Waals surface area contributed by atoms with Crippen LogP contribution >= 0.6 is 11.6 Å². The number of fused-ring (bicyclic) bond motifs is 1. The van der Waals surface area contributed by atoms with E-state index in [-0.39, 0.29) is 0 Å². The monoisotopic (exact) mass is 386 g/mol. The number of hydrogen-bond donors (Lipinski definition) is 0. The van der Waals surface area contributed by atoms with E-state index in [9.17, 15) is 9.59 Å². The van der Waals surface area contributed by atoms with E-state index in [0.29, 0.717) is 33.5 Å². The van der Waals surface area contributed by atoms with E-state index in [4.69, 9.17) is 25.9 Å². The molecule has 1 saturated heterocycles. The van der Waals surface area contributed by atoms with E-state index in [2.05, 4.69) is 5.16 Å². The fourth-order valence-electron chi connectivity index (χ4n) is 3.26. The van der Waals surface area contributed by atoms with Crippen molar-refractivity contribution in [3.8, 4) is 11.5 Å². The zero-order valence-electron chi connectivity index (χ0n) is 14.5. The Morgan fingerprint density at radius 2 is 1.78 bits per heavy atom. The van der Waals surface area contributed by atoms with Crippen LogP contribution in [0.3, 0.4) is 0 Å². The number of oxime groups is 1. The van der Waals surface area contributed by atoms with Gasteiger partial charge in [0, 0.05) is 16.7 Å². The van der Waals surface area contributed by atoms with E-state index in [1.54, 1.807) is 49.6 Å². The van der Waals surface area contributed by atoms with Crippen molar-refractivity contribution in [2.75, 3.05) is 19.1 Å². The third kappa shape index (κ3) is 2.71. The highest BCUT2D eigenvalue weighted by molar-refractivity contribution is 6.33. The standard InChI is InChI=1S/C19H15ClN2O5/c1-25-12-7-8-13(14(9-12)26-2)16-15-17(27-21-16)19(24)22(18(15)23)11-5-3-10(20)4-6-11/h3-9,15,17H,1-2H3. The molecule has 2 aromatic carbocycles. The summed E-state index contributed by atoms with van der Waals surface area (Å²) in [5.74, 6) is -0.624. The van der Waals surface area contributed by atoms with Crippen LogP contribution in [0.1, 0.15) is 5.56 Å². The van der Waals surface area contributed by atoms with Gasteiger partial charge < -0.3 is 14.3 Å². The van der Waals surface area contributed by atoms with Gasteiger partial charge >= 0.3 is 0 Å². The number of imide groups is 1. The van der Waals surface area contributed by atoms with Gasteiger partial charge in [0.1, 0.15) is 23.1 Å². The van der Waals surface area contributed by atoms with Crippen LogP contribution < -0.4 is 14.4 Å². The summed E-state index contributed by atoms with van der Waals surface area (Å²) in [5.41, 5.74) is 1.37. The molecule has 0 radical (unpaired) electrons. The van der Waals surface area contributed by atoms with E-state index in [1.807, 2.05) is 0 Å². The van der Waals surface area contributed by atoms with Gasteiger partial charge in [0.25, 0.3) is 5.91 Å². The number of methoxy groups -OCH3 is 2. The zero-order chi connectivity index (χ0) is 19.1. The topological polar surface area (TPSA) is 77.4 Å². The molecular formula is C19H15ClN2O5. The maximum Gasteiger partial charge on any atom is 0.278 e. The largest absolute Gasteiger partial charge is 0.497 e. The molecule has 2 aliphatic rings. The number of hydrogen-bond acceptors (Lipinski definition) is 6. The van der Waals surface area contributed by atoms with Crippen LogP contribution in [0.15, 0.2) is 47.6 Å². The second-order valence-corrected chi connectivity index (χ2v) is 6.47. The van der Waals surface area contributed by atoms with Gasteiger partial charge in [-0.1, -0.05) is 16.8 Å². The van der Waals surface area contributed by atoms with E-state index >= 15 is 0 Å². The molecule has 4 rings (SSSR count). The molecule has 138 valence electrons. The number of carbonyl (C=O) groups is 2. The number of rotatable bonds is 4. The normalized spacial score (nSPS) is 21.0. The van der Waals surface area contributed by atoms with Gasteiger partial charge in [0.2, 0.25) is 12.0 Å². The Balaban J connectivity index is 1.71. The Hall–Kier alpha value is -3.06. The fourth-order valence-corrected chi connectivity index (χ4v) is 3.38. The van der Waals surface area contributed by atoms with Crippen molar-refractivity contribution in [1.82, 2.24) is 0 Å². The highest BCUT2D eigenvalue weighted by Gasteiger charge is 2.56. The smallest absolute Gasteiger partial charge is 0.278 e. The third-order valence-electron chi connectivity index (χ3n) is 4.58. The molecular weight excluding hydrogens is 372 g/mol. The fraction of sp³-hybridized carbons (Fsp3) is 0.211. The summed E-state index contributed by atoms with van der Waals surface area (Å²) in [6.45, 7) is 0. The highest BCUT2D eigenvalue weighted by Crippen LogP contribution is 2.38. The summed E-state index contributed by atoms with van der Waals surface area (Å²) >= 11 is 5.89. The van der Waals surface area contributed by atoms with Crippen LogP contribution in [0.5, 0.6) is 11.5 Å². The second-order valence-electron chi connectivity index (χ2n) is 6.03. The molecule has 0 aromatic heterocycles. The van der Waals surface area contributed by atoms with E-state index in [0.717, 1.165) is 4.90 Å². The minimum Gasteiger partial charge on any atom is -0.497 e. The predicted molar refractivity (Wildman–Crippen MR) is 98.4 cm³/mol. The van der Waals surface area contributed by atoms with Crippen molar-refractivity contribution < 1.29 is 23.9 Å². The van der Waals surface area contributed by atoms with Crippen molar-refractivity contribution in [3.05, 3.63) is 53.1 Å². The highest BCUT2D eigenvalue weighted by atomic mass is 35.5. The van der Waals surface area contributed by atoms with Crippen LogP contribution in [0.25, 0.3) is 0 Å². The molecule has 2 aromatic rings. The Kier molecular flexibility index (Phi) is 4.24. The summed E-state index contributed by atoms with van der Waals surface area (Å²) in [7, 11) is 3.05. The molecule has 2 atom stereocenters. The van der Waals surface area contributed by atoms with Crippen molar-refractivity contribution in [3.63, 3.8) is 0 Å². The molecule has 2 unspecified atom stereocenters. The van der Waals surface area contributed by atoms with Crippen molar-refractivity contribution in [2.45, 2.75) is 6.10 Å². The van der Waals surface area contributed by atoms with Gasteiger partial charge in [-0.2, -0.15) is 0 Å². The van der Waals surface area contributed by atoms with Gasteiger partial charge in [-0.3, -0.25) is 9.59 Å². The molecule has 2 amide bonds. The van der Waals surface area contributed by atoms with Crippen LogP contribution in [-0.4, -0.2) is 37.8 Å². The quantitative estimate of drug-likeness (QED) is 0.755. The average molecular weight is 387 g/mol. The minimum atomic E-state index is -0.991. The summed E-state index contributed by atoms with van der Waals surface area (Å²) in [5, 5.41) is 4.52. The molecule has 0 bridgehead atoms. The van der Waals surface area contributed by atoms with E-state index < -0.39 is 23.8 Å². The van der Waals surface area contributed by atoms with E-state index in [1.165, 1.54) is 7.11 Å². The first kappa shape index (κ1) is 17.4. The Morgan fingerprint density at radius 3 is 2.44 bits per heavy atom.